The van der Waals surface area contributed by atoms with Crippen molar-refractivity contribution in [3.05, 3.63) is 63.7 Å². The second-order valence-electron chi connectivity index (χ2n) is 4.76. The van der Waals surface area contributed by atoms with Crippen LogP contribution in [0.5, 0.6) is 11.5 Å². The van der Waals surface area contributed by atoms with Crippen molar-refractivity contribution in [2.45, 2.75) is 26.4 Å². The monoisotopic (exact) mass is 287 g/mol. The summed E-state index contributed by atoms with van der Waals surface area (Å²) in [5.74, 6) is 0.703. The highest BCUT2D eigenvalue weighted by atomic mass is 16.6. The fourth-order valence-corrected chi connectivity index (χ4v) is 1.94. The maximum absolute atomic E-state index is 11.1. The summed E-state index contributed by atoms with van der Waals surface area (Å²) in [5, 5.41) is 20.6. The summed E-state index contributed by atoms with van der Waals surface area (Å²) in [6, 6.07) is 11.9. The molecule has 0 spiro atoms. The zero-order chi connectivity index (χ0) is 15.4. The Bertz CT molecular complexity index is 635. The minimum atomic E-state index is -0.762. The van der Waals surface area contributed by atoms with Crippen LogP contribution in [0.15, 0.2) is 42.5 Å². The molecule has 0 aliphatic rings. The van der Waals surface area contributed by atoms with Gasteiger partial charge in [-0.3, -0.25) is 10.1 Å². The number of nitro groups is 1. The highest BCUT2D eigenvalue weighted by molar-refractivity contribution is 5.51. The molecule has 0 radical (unpaired) electrons. The molecule has 0 amide bonds. The summed E-state index contributed by atoms with van der Waals surface area (Å²) in [4.78, 5) is 10.6. The molecule has 0 aliphatic heterocycles. The molecule has 2 rings (SSSR count). The van der Waals surface area contributed by atoms with Crippen LogP contribution in [0.4, 0.5) is 5.69 Å². The van der Waals surface area contributed by atoms with Gasteiger partial charge >= 0.3 is 5.69 Å². The van der Waals surface area contributed by atoms with Gasteiger partial charge in [0.25, 0.3) is 0 Å². The third-order valence-electron chi connectivity index (χ3n) is 3.22. The average molecular weight is 287 g/mol. The molecular weight excluding hydrogens is 270 g/mol. The molecule has 2 aromatic carbocycles. The first kappa shape index (κ1) is 15.0. The number of hydrogen-bond acceptors (Lipinski definition) is 4. The molecule has 1 unspecified atom stereocenters. The summed E-state index contributed by atoms with van der Waals surface area (Å²) < 4.78 is 5.58. The predicted molar refractivity (Wildman–Crippen MR) is 79.6 cm³/mol. The molecule has 5 nitrogen and oxygen atoms in total. The van der Waals surface area contributed by atoms with Crippen LogP contribution in [0.3, 0.4) is 0 Å². The van der Waals surface area contributed by atoms with Crippen LogP contribution < -0.4 is 4.74 Å². The van der Waals surface area contributed by atoms with E-state index in [1.165, 1.54) is 17.7 Å². The van der Waals surface area contributed by atoms with Gasteiger partial charge < -0.3 is 9.84 Å². The van der Waals surface area contributed by atoms with E-state index in [9.17, 15) is 15.2 Å². The molecule has 0 saturated carbocycles. The van der Waals surface area contributed by atoms with Crippen LogP contribution in [-0.2, 0) is 6.42 Å². The first-order valence-electron chi connectivity index (χ1n) is 6.74. The van der Waals surface area contributed by atoms with Crippen LogP contribution in [0.25, 0.3) is 0 Å². The van der Waals surface area contributed by atoms with Crippen LogP contribution in [0.1, 0.15) is 31.1 Å². The summed E-state index contributed by atoms with van der Waals surface area (Å²) >= 11 is 0. The molecule has 1 N–H and O–H groups in total. The van der Waals surface area contributed by atoms with E-state index in [1.54, 1.807) is 25.1 Å². The van der Waals surface area contributed by atoms with Crippen LogP contribution >= 0.6 is 0 Å². The Morgan fingerprint density at radius 2 is 1.90 bits per heavy atom. The van der Waals surface area contributed by atoms with Crippen LogP contribution in [0, 0.1) is 10.1 Å². The van der Waals surface area contributed by atoms with Crippen LogP contribution in [-0.4, -0.2) is 10.0 Å². The zero-order valence-electron chi connectivity index (χ0n) is 11.9. The molecule has 0 heterocycles. The van der Waals surface area contributed by atoms with E-state index >= 15 is 0 Å². The van der Waals surface area contributed by atoms with E-state index < -0.39 is 11.0 Å². The lowest BCUT2D eigenvalue weighted by Crippen LogP contribution is -1.97. The van der Waals surface area contributed by atoms with Crippen molar-refractivity contribution >= 4 is 5.69 Å². The Hall–Kier alpha value is -2.40. The van der Waals surface area contributed by atoms with E-state index in [0.29, 0.717) is 11.3 Å². The van der Waals surface area contributed by atoms with Crippen molar-refractivity contribution in [3.63, 3.8) is 0 Å². The zero-order valence-corrected chi connectivity index (χ0v) is 11.9. The molecule has 0 aliphatic carbocycles. The van der Waals surface area contributed by atoms with Gasteiger partial charge in [-0.05, 0) is 42.7 Å². The second-order valence-corrected chi connectivity index (χ2v) is 4.76. The highest BCUT2D eigenvalue weighted by Crippen LogP contribution is 2.33. The summed E-state index contributed by atoms with van der Waals surface area (Å²) in [6.45, 7) is 3.61. The smallest absolute Gasteiger partial charge is 0.311 e. The van der Waals surface area contributed by atoms with Gasteiger partial charge in [-0.2, -0.15) is 0 Å². The van der Waals surface area contributed by atoms with Gasteiger partial charge in [-0.15, -0.1) is 0 Å². The second kappa shape index (κ2) is 6.37. The van der Waals surface area contributed by atoms with Crippen LogP contribution in [0.2, 0.25) is 0 Å². The minimum absolute atomic E-state index is 0.159. The van der Waals surface area contributed by atoms with Gasteiger partial charge in [0.05, 0.1) is 11.0 Å². The van der Waals surface area contributed by atoms with Gasteiger partial charge in [-0.25, -0.2) is 0 Å². The lowest BCUT2D eigenvalue weighted by atomic mass is 10.1. The summed E-state index contributed by atoms with van der Waals surface area (Å²) in [6.07, 6.45) is 0.158. The third-order valence-corrected chi connectivity index (χ3v) is 3.22. The van der Waals surface area contributed by atoms with Gasteiger partial charge in [0.1, 0.15) is 5.75 Å². The average Bonchev–Trinajstić information content (AvgIpc) is 2.48. The fourth-order valence-electron chi connectivity index (χ4n) is 1.94. The van der Waals surface area contributed by atoms with Gasteiger partial charge in [0, 0.05) is 6.07 Å². The topological polar surface area (TPSA) is 72.6 Å². The Morgan fingerprint density at radius 3 is 2.43 bits per heavy atom. The number of aliphatic hydroxyl groups is 1. The normalized spacial score (nSPS) is 12.0. The van der Waals surface area contributed by atoms with E-state index in [4.69, 9.17) is 4.74 Å². The molecular formula is C16H17NO4. The van der Waals surface area contributed by atoms with Gasteiger partial charge in [0.2, 0.25) is 5.75 Å². The number of aryl methyl sites for hydroxylation is 1. The molecule has 0 bridgehead atoms. The maximum Gasteiger partial charge on any atom is 0.311 e. The molecule has 21 heavy (non-hydrogen) atoms. The number of nitro benzene ring substituents is 1. The van der Waals surface area contributed by atoms with Gasteiger partial charge in [0.15, 0.2) is 0 Å². The molecule has 0 saturated heterocycles. The highest BCUT2D eigenvalue weighted by Gasteiger charge is 2.18. The number of aliphatic hydroxyl groups excluding tert-OH is 1. The SMILES string of the molecule is CCc1ccc(Oc2ccc(C(C)O)cc2[N+](=O)[O-])cc1. The molecule has 0 fully saturated rings. The van der Waals surface area contributed by atoms with E-state index in [0.717, 1.165) is 6.42 Å². The van der Waals surface area contributed by atoms with Crippen molar-refractivity contribution < 1.29 is 14.8 Å². The molecule has 0 aromatic heterocycles. The maximum atomic E-state index is 11.1. The molecule has 5 heteroatoms. The summed E-state index contributed by atoms with van der Waals surface area (Å²) in [5.41, 5.74) is 1.49. The lowest BCUT2D eigenvalue weighted by Gasteiger charge is -2.09. The third kappa shape index (κ3) is 3.58. The summed E-state index contributed by atoms with van der Waals surface area (Å²) in [7, 11) is 0. The van der Waals surface area contributed by atoms with Crippen molar-refractivity contribution in [1.82, 2.24) is 0 Å². The Balaban J connectivity index is 2.31. The van der Waals surface area contributed by atoms with E-state index in [1.807, 2.05) is 12.1 Å². The Labute approximate surface area is 123 Å². The number of nitrogens with zero attached hydrogens (tertiary/aromatic N) is 1. The van der Waals surface area contributed by atoms with Crippen molar-refractivity contribution in [2.24, 2.45) is 0 Å². The van der Waals surface area contributed by atoms with Gasteiger partial charge in [-0.1, -0.05) is 25.1 Å². The number of benzene rings is 2. The van der Waals surface area contributed by atoms with E-state index in [2.05, 4.69) is 6.92 Å². The van der Waals surface area contributed by atoms with Crippen molar-refractivity contribution in [2.75, 3.05) is 0 Å². The molecule has 1 atom stereocenters. The predicted octanol–water partition coefficient (Wildman–Crippen LogP) is 4.00. The quantitative estimate of drug-likeness (QED) is 0.666. The number of ether oxygens (including phenoxy) is 1. The first-order valence-corrected chi connectivity index (χ1v) is 6.74. The van der Waals surface area contributed by atoms with E-state index in [-0.39, 0.29) is 11.4 Å². The number of rotatable bonds is 5. The first-order chi connectivity index (χ1) is 10.0. The lowest BCUT2D eigenvalue weighted by molar-refractivity contribution is -0.385. The minimum Gasteiger partial charge on any atom is -0.450 e. The van der Waals surface area contributed by atoms with Crippen molar-refractivity contribution in [3.8, 4) is 11.5 Å². The Kier molecular flexibility index (Phi) is 4.55. The molecule has 110 valence electrons. The fraction of sp³-hybridized carbons (Fsp3) is 0.250. The largest absolute Gasteiger partial charge is 0.450 e. The number of hydrogen-bond donors (Lipinski definition) is 1. The Morgan fingerprint density at radius 1 is 1.24 bits per heavy atom. The van der Waals surface area contributed by atoms with Crippen molar-refractivity contribution in [1.29, 1.82) is 0 Å². The standard InChI is InChI=1S/C16H17NO4/c1-3-12-4-7-14(8-5-12)21-16-9-6-13(11(2)18)10-15(16)17(19)20/h4-11,18H,3H2,1-2H3. The molecule has 2 aromatic rings.